The minimum Gasteiger partial charge on any atom is -0.393 e. The monoisotopic (exact) mass is 320 g/mol. The van der Waals surface area contributed by atoms with Crippen molar-refractivity contribution in [3.8, 4) is 0 Å². The third-order valence-electron chi connectivity index (χ3n) is 8.89. The molecule has 0 aliphatic heterocycles. The van der Waals surface area contributed by atoms with Gasteiger partial charge in [-0.2, -0.15) is 0 Å². The van der Waals surface area contributed by atoms with E-state index >= 15 is 0 Å². The van der Waals surface area contributed by atoms with E-state index in [0.717, 1.165) is 44.9 Å². The van der Waals surface area contributed by atoms with E-state index in [-0.39, 0.29) is 28.8 Å². The highest BCUT2D eigenvalue weighted by Gasteiger charge is 2.67. The van der Waals surface area contributed by atoms with Crippen LogP contribution in [0.1, 0.15) is 72.1 Å². The van der Waals surface area contributed by atoms with Gasteiger partial charge in [-0.15, -0.1) is 0 Å². The minimum atomic E-state index is -0.849. The fourth-order valence-corrected chi connectivity index (χ4v) is 7.83. The number of rotatable bonds is 1. The number of hydrogen-bond donors (Lipinski definition) is 2. The Morgan fingerprint density at radius 3 is 2.52 bits per heavy atom. The van der Waals surface area contributed by atoms with E-state index < -0.39 is 5.60 Å². The van der Waals surface area contributed by atoms with Gasteiger partial charge >= 0.3 is 0 Å². The summed E-state index contributed by atoms with van der Waals surface area (Å²) in [7, 11) is 0. The molecule has 3 heteroatoms. The Morgan fingerprint density at radius 2 is 1.83 bits per heavy atom. The number of hydrogen-bond acceptors (Lipinski definition) is 3. The Hall–Kier alpha value is -0.410. The molecule has 0 aromatic rings. The maximum Gasteiger partial charge on any atom is 0.138 e. The van der Waals surface area contributed by atoms with E-state index in [1.54, 1.807) is 0 Å². The molecule has 2 bridgehead atoms. The van der Waals surface area contributed by atoms with Gasteiger partial charge in [0.15, 0.2) is 0 Å². The number of ketones is 1. The predicted octanol–water partition coefficient (Wildman–Crippen LogP) is 3.32. The zero-order valence-electron chi connectivity index (χ0n) is 14.9. The van der Waals surface area contributed by atoms with Gasteiger partial charge in [0.2, 0.25) is 0 Å². The van der Waals surface area contributed by atoms with Crippen LogP contribution in [-0.4, -0.2) is 28.2 Å². The molecule has 4 aliphatic rings. The number of carbonyl (C=O) groups excluding carboxylic acids is 1. The Labute approximate surface area is 139 Å². The van der Waals surface area contributed by atoms with Crippen LogP contribution in [0.4, 0.5) is 0 Å². The molecule has 0 radical (unpaired) electrons. The summed E-state index contributed by atoms with van der Waals surface area (Å²) >= 11 is 0. The summed E-state index contributed by atoms with van der Waals surface area (Å²) in [6, 6.07) is 0. The lowest BCUT2D eigenvalue weighted by Crippen LogP contribution is -2.58. The van der Waals surface area contributed by atoms with Gasteiger partial charge in [0.1, 0.15) is 5.78 Å². The minimum absolute atomic E-state index is 0.0870. The van der Waals surface area contributed by atoms with Crippen LogP contribution in [0.2, 0.25) is 0 Å². The molecule has 1 spiro atoms. The molecular weight excluding hydrogens is 288 g/mol. The SMILES string of the molecule is CC1(C)C(=O)CC[C@]2(C)[C@@H]1CC[C@@]13C[C@H](CC[C@H]12)[C@](O)(CO)C3. The van der Waals surface area contributed by atoms with Crippen LogP contribution in [-0.2, 0) is 4.79 Å². The van der Waals surface area contributed by atoms with Crippen LogP contribution < -0.4 is 0 Å². The topological polar surface area (TPSA) is 57.5 Å². The van der Waals surface area contributed by atoms with Gasteiger partial charge in [0, 0.05) is 11.8 Å². The highest BCUT2D eigenvalue weighted by Crippen LogP contribution is 2.72. The van der Waals surface area contributed by atoms with Crippen molar-refractivity contribution in [3.05, 3.63) is 0 Å². The van der Waals surface area contributed by atoms with E-state index in [9.17, 15) is 15.0 Å². The van der Waals surface area contributed by atoms with Gasteiger partial charge in [-0.05, 0) is 73.5 Å². The van der Waals surface area contributed by atoms with Crippen molar-refractivity contribution < 1.29 is 15.0 Å². The van der Waals surface area contributed by atoms with Crippen molar-refractivity contribution in [3.63, 3.8) is 0 Å². The fourth-order valence-electron chi connectivity index (χ4n) is 7.83. The Morgan fingerprint density at radius 1 is 1.09 bits per heavy atom. The predicted molar refractivity (Wildman–Crippen MR) is 88.8 cm³/mol. The van der Waals surface area contributed by atoms with Crippen molar-refractivity contribution in [2.24, 2.45) is 34.0 Å². The standard InChI is InChI=1S/C20H32O3/c1-17(2)14-6-9-19-10-13(20(23,11-19)12-21)4-5-15(19)18(14,3)8-7-16(17)22/h13-15,21,23H,4-12H2,1-3H3/t13-,14+,15-,18+,19-,20+/m0/s1. The molecule has 130 valence electrons. The lowest BCUT2D eigenvalue weighted by Gasteiger charge is -2.63. The molecule has 0 heterocycles. The molecule has 6 atom stereocenters. The van der Waals surface area contributed by atoms with Gasteiger partial charge in [0.05, 0.1) is 12.2 Å². The lowest BCUT2D eigenvalue weighted by molar-refractivity contribution is -0.165. The zero-order valence-corrected chi connectivity index (χ0v) is 14.9. The first-order valence-corrected chi connectivity index (χ1v) is 9.55. The van der Waals surface area contributed by atoms with Crippen molar-refractivity contribution in [2.75, 3.05) is 6.61 Å². The summed E-state index contributed by atoms with van der Waals surface area (Å²) < 4.78 is 0. The van der Waals surface area contributed by atoms with Gasteiger partial charge in [-0.3, -0.25) is 4.79 Å². The third-order valence-corrected chi connectivity index (χ3v) is 8.89. The highest BCUT2D eigenvalue weighted by molar-refractivity contribution is 5.85. The first kappa shape index (κ1) is 16.1. The molecule has 0 aromatic heterocycles. The van der Waals surface area contributed by atoms with Gasteiger partial charge < -0.3 is 10.2 Å². The quantitative estimate of drug-likeness (QED) is 0.779. The summed E-state index contributed by atoms with van der Waals surface area (Å²) in [5.41, 5.74) is -0.612. The molecule has 0 aromatic carbocycles. The van der Waals surface area contributed by atoms with E-state index in [1.807, 2.05) is 0 Å². The van der Waals surface area contributed by atoms with Gasteiger partial charge in [-0.1, -0.05) is 20.8 Å². The van der Waals surface area contributed by atoms with Crippen molar-refractivity contribution in [1.29, 1.82) is 0 Å². The van der Waals surface area contributed by atoms with Crippen LogP contribution in [0.5, 0.6) is 0 Å². The Bertz CT molecular complexity index is 541. The van der Waals surface area contributed by atoms with Crippen LogP contribution in [0.15, 0.2) is 0 Å². The second-order valence-corrected chi connectivity index (χ2v) is 10.1. The van der Waals surface area contributed by atoms with E-state index in [1.165, 1.54) is 6.42 Å². The maximum atomic E-state index is 12.5. The van der Waals surface area contributed by atoms with Gasteiger partial charge in [0.25, 0.3) is 0 Å². The normalized spacial score (nSPS) is 54.5. The molecule has 23 heavy (non-hydrogen) atoms. The molecule has 3 nitrogen and oxygen atoms in total. The van der Waals surface area contributed by atoms with Crippen LogP contribution in [0.25, 0.3) is 0 Å². The van der Waals surface area contributed by atoms with E-state index in [0.29, 0.717) is 17.6 Å². The number of aliphatic hydroxyl groups excluding tert-OH is 1. The van der Waals surface area contributed by atoms with Crippen LogP contribution >= 0.6 is 0 Å². The summed E-state index contributed by atoms with van der Waals surface area (Å²) in [6.07, 6.45) is 8.07. The van der Waals surface area contributed by atoms with E-state index in [2.05, 4.69) is 20.8 Å². The maximum absolute atomic E-state index is 12.5. The largest absolute Gasteiger partial charge is 0.393 e. The Kier molecular flexibility index (Phi) is 3.22. The zero-order chi connectivity index (χ0) is 16.7. The highest BCUT2D eigenvalue weighted by atomic mass is 16.3. The summed E-state index contributed by atoms with van der Waals surface area (Å²) in [5.74, 6) is 1.81. The lowest BCUT2D eigenvalue weighted by atomic mass is 9.41. The van der Waals surface area contributed by atoms with E-state index in [4.69, 9.17) is 0 Å². The molecule has 2 N–H and O–H groups in total. The second kappa shape index (κ2) is 4.60. The molecule has 4 rings (SSSR count). The fraction of sp³-hybridized carbons (Fsp3) is 0.950. The second-order valence-electron chi connectivity index (χ2n) is 10.1. The van der Waals surface area contributed by atoms with Crippen molar-refractivity contribution in [1.82, 2.24) is 0 Å². The van der Waals surface area contributed by atoms with Crippen LogP contribution in [0.3, 0.4) is 0 Å². The smallest absolute Gasteiger partial charge is 0.138 e. The molecule has 0 amide bonds. The molecule has 4 fully saturated rings. The average molecular weight is 320 g/mol. The number of carbonyl (C=O) groups is 1. The van der Waals surface area contributed by atoms with Crippen molar-refractivity contribution in [2.45, 2.75) is 77.7 Å². The third kappa shape index (κ3) is 1.87. The van der Waals surface area contributed by atoms with Crippen LogP contribution in [0, 0.1) is 34.0 Å². The van der Waals surface area contributed by atoms with Gasteiger partial charge in [-0.25, -0.2) is 0 Å². The summed E-state index contributed by atoms with van der Waals surface area (Å²) in [5, 5.41) is 20.7. The number of fused-ring (bicyclic) bond motifs is 3. The number of Topliss-reactive ketones (excluding diaryl/α,β-unsaturated/α-hetero) is 1. The molecule has 4 saturated carbocycles. The molecular formula is C20H32O3. The average Bonchev–Trinajstić information content (AvgIpc) is 2.70. The first-order valence-electron chi connectivity index (χ1n) is 9.55. The number of aliphatic hydroxyl groups is 2. The molecule has 0 unspecified atom stereocenters. The molecule has 4 aliphatic carbocycles. The summed E-state index contributed by atoms with van der Waals surface area (Å²) in [6.45, 7) is 6.68. The molecule has 0 saturated heterocycles. The first-order chi connectivity index (χ1) is 10.7. The van der Waals surface area contributed by atoms with Crippen molar-refractivity contribution >= 4 is 5.78 Å². The summed E-state index contributed by atoms with van der Waals surface area (Å²) in [4.78, 5) is 12.5. The Balaban J connectivity index is 1.73.